The van der Waals surface area contributed by atoms with Gasteiger partial charge in [0.2, 0.25) is 5.83 Å². The van der Waals surface area contributed by atoms with Crippen LogP contribution in [-0.2, 0) is 4.74 Å². The molecule has 1 saturated carbocycles. The third kappa shape index (κ3) is 3.89. The summed E-state index contributed by atoms with van der Waals surface area (Å²) < 4.78 is 19.4. The van der Waals surface area contributed by atoms with Crippen LogP contribution in [-0.4, -0.2) is 25.7 Å². The first-order valence-corrected chi connectivity index (χ1v) is 6.86. The van der Waals surface area contributed by atoms with Gasteiger partial charge in [-0.3, -0.25) is 0 Å². The highest BCUT2D eigenvalue weighted by molar-refractivity contribution is 5.92. The number of nitrogens with zero attached hydrogens (tertiary/aromatic N) is 1. The maximum absolute atomic E-state index is 14.0. The Labute approximate surface area is 108 Å². The Morgan fingerprint density at radius 2 is 2.28 bits per heavy atom. The van der Waals surface area contributed by atoms with Crippen molar-refractivity contribution in [2.75, 3.05) is 19.8 Å². The second kappa shape index (κ2) is 6.61. The molecule has 102 valence electrons. The van der Waals surface area contributed by atoms with Gasteiger partial charge in [0.1, 0.15) is 12.5 Å². The number of aliphatic imine (C=N–C) groups is 1. The normalized spacial score (nSPS) is 19.3. The van der Waals surface area contributed by atoms with Crippen molar-refractivity contribution >= 4 is 5.90 Å². The molecule has 18 heavy (non-hydrogen) atoms. The molecule has 2 aliphatic rings. The molecule has 5 heteroatoms. The van der Waals surface area contributed by atoms with E-state index >= 15 is 0 Å². The summed E-state index contributed by atoms with van der Waals surface area (Å²) in [5, 5.41) is 5.98. The van der Waals surface area contributed by atoms with Gasteiger partial charge >= 0.3 is 0 Å². The molecule has 0 spiro atoms. The molecule has 0 unspecified atom stereocenters. The Morgan fingerprint density at radius 3 is 3.00 bits per heavy atom. The average molecular weight is 255 g/mol. The van der Waals surface area contributed by atoms with Crippen molar-refractivity contribution < 1.29 is 9.13 Å². The molecule has 2 N–H and O–H groups in total. The van der Waals surface area contributed by atoms with Gasteiger partial charge in [0.25, 0.3) is 5.90 Å². The van der Waals surface area contributed by atoms with Gasteiger partial charge in [-0.25, -0.2) is 4.99 Å². The van der Waals surface area contributed by atoms with Gasteiger partial charge in [-0.1, -0.05) is 19.8 Å². The number of ether oxygens (including phenoxy) is 1. The van der Waals surface area contributed by atoms with E-state index in [9.17, 15) is 4.39 Å². The fourth-order valence-corrected chi connectivity index (χ4v) is 1.76. The summed E-state index contributed by atoms with van der Waals surface area (Å²) in [5.74, 6) is 0.792. The first-order valence-electron chi connectivity index (χ1n) is 6.86. The zero-order chi connectivity index (χ0) is 12.8. The fourth-order valence-electron chi connectivity index (χ4n) is 1.76. The Morgan fingerprint density at radius 1 is 1.44 bits per heavy atom. The minimum atomic E-state index is -0.390. The third-order valence-corrected chi connectivity index (χ3v) is 3.12. The standard InChI is InChI=1S/C13H22FN3O/c1-2-3-4-7-15-12-11(14)13(17-9-16-12)18-8-10-5-6-10/h10,15-16H,2-9H2,1H3. The molecule has 1 fully saturated rings. The van der Waals surface area contributed by atoms with E-state index in [1.165, 1.54) is 12.8 Å². The second-order valence-electron chi connectivity index (χ2n) is 4.88. The van der Waals surface area contributed by atoms with Crippen LogP contribution < -0.4 is 10.6 Å². The largest absolute Gasteiger partial charge is 0.475 e. The van der Waals surface area contributed by atoms with Gasteiger partial charge in [-0.2, -0.15) is 4.39 Å². The molecule has 1 heterocycles. The van der Waals surface area contributed by atoms with Gasteiger partial charge in [0.15, 0.2) is 0 Å². The van der Waals surface area contributed by atoms with E-state index in [4.69, 9.17) is 4.74 Å². The van der Waals surface area contributed by atoms with Gasteiger partial charge in [-0.15, -0.1) is 0 Å². The smallest absolute Gasteiger partial charge is 0.251 e. The maximum atomic E-state index is 14.0. The lowest BCUT2D eigenvalue weighted by atomic mass is 10.2. The Bertz CT molecular complexity index is 337. The fraction of sp³-hybridized carbons (Fsp3) is 0.769. The van der Waals surface area contributed by atoms with E-state index in [0.29, 0.717) is 25.0 Å². The molecule has 0 bridgehead atoms. The number of hydrogen-bond donors (Lipinski definition) is 2. The average Bonchev–Trinajstić information content (AvgIpc) is 3.19. The second-order valence-corrected chi connectivity index (χ2v) is 4.88. The number of nitrogens with one attached hydrogen (secondary N) is 2. The predicted molar refractivity (Wildman–Crippen MR) is 69.8 cm³/mol. The van der Waals surface area contributed by atoms with Crippen LogP contribution in [0.15, 0.2) is 16.6 Å². The van der Waals surface area contributed by atoms with Crippen LogP contribution in [0.1, 0.15) is 39.0 Å². The molecule has 0 saturated heterocycles. The Balaban J connectivity index is 1.79. The number of unbranched alkanes of at least 4 members (excludes halogenated alkanes) is 2. The van der Waals surface area contributed by atoms with E-state index < -0.39 is 5.83 Å². The number of hydrogen-bond acceptors (Lipinski definition) is 4. The number of halogens is 1. The van der Waals surface area contributed by atoms with Gasteiger partial charge < -0.3 is 15.4 Å². The first-order chi connectivity index (χ1) is 8.81. The molecule has 1 aliphatic carbocycles. The van der Waals surface area contributed by atoms with Crippen LogP contribution in [0.5, 0.6) is 0 Å². The molecule has 0 aromatic heterocycles. The van der Waals surface area contributed by atoms with Crippen molar-refractivity contribution in [2.24, 2.45) is 10.9 Å². The van der Waals surface area contributed by atoms with Crippen molar-refractivity contribution in [1.29, 1.82) is 0 Å². The lowest BCUT2D eigenvalue weighted by molar-refractivity contribution is 0.275. The molecular weight excluding hydrogens is 233 g/mol. The molecule has 1 aliphatic heterocycles. The minimum absolute atomic E-state index is 0.152. The zero-order valence-corrected chi connectivity index (χ0v) is 11.0. The van der Waals surface area contributed by atoms with Crippen LogP contribution in [0, 0.1) is 5.92 Å². The maximum Gasteiger partial charge on any atom is 0.251 e. The predicted octanol–water partition coefficient (Wildman–Crippen LogP) is 2.29. The molecule has 4 nitrogen and oxygen atoms in total. The summed E-state index contributed by atoms with van der Waals surface area (Å²) in [6.45, 7) is 3.90. The van der Waals surface area contributed by atoms with Gasteiger partial charge in [-0.05, 0) is 25.2 Å². The van der Waals surface area contributed by atoms with E-state index in [-0.39, 0.29) is 5.90 Å². The van der Waals surface area contributed by atoms with E-state index in [1.807, 2.05) is 0 Å². The summed E-state index contributed by atoms with van der Waals surface area (Å²) in [6.07, 6.45) is 5.75. The Kier molecular flexibility index (Phi) is 4.84. The SMILES string of the molecule is CCCCCNC1=C(F)C(OCC2CC2)=NCN1. The van der Waals surface area contributed by atoms with Crippen LogP contribution in [0.4, 0.5) is 4.39 Å². The highest BCUT2D eigenvalue weighted by Crippen LogP contribution is 2.29. The molecule has 0 atom stereocenters. The van der Waals surface area contributed by atoms with Gasteiger partial charge in [0.05, 0.1) is 6.61 Å². The molecule has 0 amide bonds. The van der Waals surface area contributed by atoms with Crippen LogP contribution in [0.3, 0.4) is 0 Å². The van der Waals surface area contributed by atoms with Crippen molar-refractivity contribution in [3.63, 3.8) is 0 Å². The molecular formula is C13H22FN3O. The quantitative estimate of drug-likeness (QED) is 0.686. The van der Waals surface area contributed by atoms with Crippen molar-refractivity contribution in [1.82, 2.24) is 10.6 Å². The third-order valence-electron chi connectivity index (χ3n) is 3.12. The van der Waals surface area contributed by atoms with Crippen LogP contribution in [0.2, 0.25) is 0 Å². The summed E-state index contributed by atoms with van der Waals surface area (Å²) >= 11 is 0. The lowest BCUT2D eigenvalue weighted by Crippen LogP contribution is -2.34. The van der Waals surface area contributed by atoms with Crippen molar-refractivity contribution in [3.8, 4) is 0 Å². The van der Waals surface area contributed by atoms with Crippen molar-refractivity contribution in [2.45, 2.75) is 39.0 Å². The summed E-state index contributed by atoms with van der Waals surface area (Å²) in [6, 6.07) is 0. The summed E-state index contributed by atoms with van der Waals surface area (Å²) in [7, 11) is 0. The van der Waals surface area contributed by atoms with Crippen LogP contribution in [0.25, 0.3) is 0 Å². The lowest BCUT2D eigenvalue weighted by Gasteiger charge is -2.19. The van der Waals surface area contributed by atoms with E-state index in [0.717, 1.165) is 25.8 Å². The Hall–Kier alpha value is -1.26. The van der Waals surface area contributed by atoms with E-state index in [2.05, 4.69) is 22.5 Å². The highest BCUT2D eigenvalue weighted by Gasteiger charge is 2.25. The van der Waals surface area contributed by atoms with Crippen LogP contribution >= 0.6 is 0 Å². The number of rotatable bonds is 7. The van der Waals surface area contributed by atoms with E-state index in [1.54, 1.807) is 0 Å². The van der Waals surface area contributed by atoms with Crippen molar-refractivity contribution in [3.05, 3.63) is 11.6 Å². The topological polar surface area (TPSA) is 45.6 Å². The summed E-state index contributed by atoms with van der Waals surface area (Å²) in [4.78, 5) is 4.02. The monoisotopic (exact) mass is 255 g/mol. The minimum Gasteiger partial charge on any atom is -0.475 e. The molecule has 0 aromatic rings. The molecule has 2 rings (SSSR count). The molecule has 0 radical (unpaired) electrons. The summed E-state index contributed by atoms with van der Waals surface area (Å²) in [5.41, 5.74) is 0. The zero-order valence-electron chi connectivity index (χ0n) is 11.0. The highest BCUT2D eigenvalue weighted by atomic mass is 19.1. The van der Waals surface area contributed by atoms with Gasteiger partial charge in [0, 0.05) is 6.54 Å². The molecule has 0 aromatic carbocycles. The first kappa shape index (κ1) is 13.2.